The molecule has 0 radical (unpaired) electrons. The maximum absolute atomic E-state index is 12.1. The monoisotopic (exact) mass is 275 g/mol. The maximum Gasteiger partial charge on any atom is 0.283 e. The second kappa shape index (κ2) is 4.26. The summed E-state index contributed by atoms with van der Waals surface area (Å²) >= 11 is 5.86. The average Bonchev–Trinajstić information content (AvgIpc) is 2.64. The molecular weight excluding hydrogens is 266 g/mol. The molecule has 6 nitrogen and oxygen atoms in total. The van der Waals surface area contributed by atoms with Crippen LogP contribution in [-0.4, -0.2) is 36.4 Å². The number of hydroxylamine groups is 1. The van der Waals surface area contributed by atoms with Crippen LogP contribution in [0.1, 0.15) is 0 Å². The van der Waals surface area contributed by atoms with E-state index in [1.807, 2.05) is 0 Å². The fourth-order valence-corrected chi connectivity index (χ4v) is 2.97. The lowest BCUT2D eigenvalue weighted by Crippen LogP contribution is -2.27. The molecule has 0 aromatic carbocycles. The van der Waals surface area contributed by atoms with Gasteiger partial charge in [-0.05, 0) is 12.1 Å². The van der Waals surface area contributed by atoms with E-state index in [1.165, 1.54) is 18.6 Å². The molecule has 0 aliphatic rings. The van der Waals surface area contributed by atoms with Crippen molar-refractivity contribution in [3.8, 4) is 0 Å². The van der Waals surface area contributed by atoms with Gasteiger partial charge in [0.25, 0.3) is 10.0 Å². The summed E-state index contributed by atoms with van der Waals surface area (Å²) < 4.78 is 26.4. The molecule has 0 atom stereocenters. The van der Waals surface area contributed by atoms with Crippen LogP contribution in [0.25, 0.3) is 5.65 Å². The molecule has 0 saturated carbocycles. The first-order valence-electron chi connectivity index (χ1n) is 4.64. The molecular formula is C9H10ClN3O3S. The quantitative estimate of drug-likeness (QED) is 0.789. The number of hydrogen-bond acceptors (Lipinski definition) is 4. The summed E-state index contributed by atoms with van der Waals surface area (Å²) in [7, 11) is -1.28. The largest absolute Gasteiger partial charge is 0.288 e. The van der Waals surface area contributed by atoms with Gasteiger partial charge in [0.05, 0.1) is 7.11 Å². The SMILES string of the molecule is CON(C)S(=O)(=O)c1c(Cl)nc2ccccn12. The van der Waals surface area contributed by atoms with E-state index in [1.54, 1.807) is 24.4 Å². The van der Waals surface area contributed by atoms with E-state index in [0.29, 0.717) is 5.65 Å². The Kier molecular flexibility index (Phi) is 3.09. The van der Waals surface area contributed by atoms with Gasteiger partial charge in [-0.1, -0.05) is 22.1 Å². The lowest BCUT2D eigenvalue weighted by atomic mass is 10.5. The number of aromatic nitrogens is 2. The Labute approximate surface area is 103 Å². The Morgan fingerprint density at radius 3 is 2.82 bits per heavy atom. The summed E-state index contributed by atoms with van der Waals surface area (Å²) in [5.41, 5.74) is 0.459. The Hall–Kier alpha value is -1.15. The lowest BCUT2D eigenvalue weighted by Gasteiger charge is -2.13. The van der Waals surface area contributed by atoms with E-state index in [4.69, 9.17) is 11.6 Å². The van der Waals surface area contributed by atoms with Gasteiger partial charge < -0.3 is 0 Å². The van der Waals surface area contributed by atoms with Crippen molar-refractivity contribution in [3.05, 3.63) is 29.5 Å². The standard InChI is InChI=1S/C9H10ClN3O3S/c1-12(16-2)17(14,15)9-8(10)11-7-5-3-4-6-13(7)9/h3-6H,1-2H3. The number of nitrogens with zero attached hydrogens (tertiary/aromatic N) is 3. The number of pyridine rings is 1. The number of hydrogen-bond donors (Lipinski definition) is 0. The first kappa shape index (κ1) is 12.3. The van der Waals surface area contributed by atoms with Crippen LogP contribution in [-0.2, 0) is 14.9 Å². The predicted molar refractivity (Wildman–Crippen MR) is 62.2 cm³/mol. The molecule has 0 unspecified atom stereocenters. The second-order valence-corrected chi connectivity index (χ2v) is 5.44. The summed E-state index contributed by atoms with van der Waals surface area (Å²) in [5, 5.41) is -0.195. The number of imidazole rings is 1. The summed E-state index contributed by atoms with van der Waals surface area (Å²) in [4.78, 5) is 8.65. The fraction of sp³-hybridized carbons (Fsp3) is 0.222. The van der Waals surface area contributed by atoms with E-state index >= 15 is 0 Å². The van der Waals surface area contributed by atoms with E-state index in [-0.39, 0.29) is 10.2 Å². The van der Waals surface area contributed by atoms with E-state index in [2.05, 4.69) is 9.82 Å². The third-order valence-electron chi connectivity index (χ3n) is 2.29. The smallest absolute Gasteiger partial charge is 0.283 e. The summed E-state index contributed by atoms with van der Waals surface area (Å²) in [6, 6.07) is 5.10. The van der Waals surface area contributed by atoms with Gasteiger partial charge in [-0.3, -0.25) is 9.24 Å². The minimum atomic E-state index is -3.82. The molecule has 0 spiro atoms. The van der Waals surface area contributed by atoms with Gasteiger partial charge in [0.2, 0.25) is 0 Å². The molecule has 0 amide bonds. The van der Waals surface area contributed by atoms with Crippen LogP contribution in [0.4, 0.5) is 0 Å². The zero-order chi connectivity index (χ0) is 12.6. The minimum Gasteiger partial charge on any atom is -0.288 e. The minimum absolute atomic E-state index is 0.0832. The van der Waals surface area contributed by atoms with Crippen molar-refractivity contribution < 1.29 is 13.3 Å². The van der Waals surface area contributed by atoms with Crippen molar-refractivity contribution in [1.82, 2.24) is 13.9 Å². The normalized spacial score (nSPS) is 12.5. The maximum atomic E-state index is 12.1. The molecule has 2 aromatic rings. The molecule has 2 rings (SSSR count). The summed E-state index contributed by atoms with van der Waals surface area (Å²) in [5.74, 6) is 0. The number of rotatable bonds is 3. The predicted octanol–water partition coefficient (Wildman–Crippen LogP) is 1.17. The highest BCUT2D eigenvalue weighted by molar-refractivity contribution is 7.89. The van der Waals surface area contributed by atoms with Crippen LogP contribution < -0.4 is 0 Å². The first-order chi connectivity index (χ1) is 7.98. The van der Waals surface area contributed by atoms with Crippen molar-refractivity contribution >= 4 is 27.3 Å². The third-order valence-corrected chi connectivity index (χ3v) is 4.37. The van der Waals surface area contributed by atoms with E-state index in [9.17, 15) is 8.42 Å². The summed E-state index contributed by atoms with van der Waals surface area (Å²) in [6.07, 6.45) is 1.57. The van der Waals surface area contributed by atoms with Crippen molar-refractivity contribution in [1.29, 1.82) is 0 Å². The van der Waals surface area contributed by atoms with E-state index < -0.39 is 10.0 Å². The molecule has 2 heterocycles. The van der Waals surface area contributed by atoms with Gasteiger partial charge in [-0.2, -0.15) is 0 Å². The van der Waals surface area contributed by atoms with Crippen LogP contribution in [0.5, 0.6) is 0 Å². The lowest BCUT2D eigenvalue weighted by molar-refractivity contribution is -0.0261. The zero-order valence-corrected chi connectivity index (χ0v) is 10.7. The third kappa shape index (κ3) is 1.91. The Bertz CT molecular complexity index is 653. The molecule has 0 N–H and O–H groups in total. The zero-order valence-electron chi connectivity index (χ0n) is 9.16. The Balaban J connectivity index is 2.75. The Morgan fingerprint density at radius 1 is 1.47 bits per heavy atom. The molecule has 17 heavy (non-hydrogen) atoms. The van der Waals surface area contributed by atoms with Crippen LogP contribution >= 0.6 is 11.6 Å². The van der Waals surface area contributed by atoms with Crippen LogP contribution in [0.3, 0.4) is 0 Å². The van der Waals surface area contributed by atoms with Crippen LogP contribution in [0.15, 0.2) is 29.4 Å². The summed E-state index contributed by atoms with van der Waals surface area (Å²) in [6.45, 7) is 0. The topological polar surface area (TPSA) is 63.9 Å². The number of sulfonamides is 1. The highest BCUT2D eigenvalue weighted by atomic mass is 35.5. The van der Waals surface area contributed by atoms with E-state index in [0.717, 1.165) is 4.47 Å². The van der Waals surface area contributed by atoms with Gasteiger partial charge in [0.1, 0.15) is 5.65 Å². The molecule has 0 saturated heterocycles. The molecule has 0 fully saturated rings. The molecule has 92 valence electrons. The number of fused-ring (bicyclic) bond motifs is 1. The highest BCUT2D eigenvalue weighted by Gasteiger charge is 2.28. The Morgan fingerprint density at radius 2 is 2.18 bits per heavy atom. The van der Waals surface area contributed by atoms with Crippen LogP contribution in [0.2, 0.25) is 5.15 Å². The van der Waals surface area contributed by atoms with Crippen molar-refractivity contribution in [2.75, 3.05) is 14.2 Å². The molecule has 0 bridgehead atoms. The average molecular weight is 276 g/mol. The second-order valence-electron chi connectivity index (χ2n) is 3.23. The van der Waals surface area contributed by atoms with Crippen molar-refractivity contribution in [3.63, 3.8) is 0 Å². The van der Waals surface area contributed by atoms with Gasteiger partial charge in [0, 0.05) is 13.2 Å². The van der Waals surface area contributed by atoms with Gasteiger partial charge in [0.15, 0.2) is 10.2 Å². The van der Waals surface area contributed by atoms with Crippen LogP contribution in [0, 0.1) is 0 Å². The first-order valence-corrected chi connectivity index (χ1v) is 6.46. The van der Waals surface area contributed by atoms with Crippen molar-refractivity contribution in [2.24, 2.45) is 0 Å². The fourth-order valence-electron chi connectivity index (χ4n) is 1.40. The van der Waals surface area contributed by atoms with Gasteiger partial charge in [-0.15, -0.1) is 0 Å². The van der Waals surface area contributed by atoms with Gasteiger partial charge in [-0.25, -0.2) is 13.4 Å². The highest BCUT2D eigenvalue weighted by Crippen LogP contribution is 2.24. The number of halogens is 1. The van der Waals surface area contributed by atoms with Crippen molar-refractivity contribution in [2.45, 2.75) is 5.03 Å². The van der Waals surface area contributed by atoms with Gasteiger partial charge >= 0.3 is 0 Å². The molecule has 0 aliphatic carbocycles. The molecule has 2 aromatic heterocycles. The molecule has 0 aliphatic heterocycles. The molecule has 8 heteroatoms.